The first-order valence-electron chi connectivity index (χ1n) is 8.59. The number of carbonyl (C=O) groups is 1. The molecule has 1 aliphatic carbocycles. The number of fused-ring (bicyclic) bond motifs is 1. The zero-order valence-corrected chi connectivity index (χ0v) is 14.0. The Morgan fingerprint density at radius 1 is 1.31 bits per heavy atom. The fourth-order valence-electron chi connectivity index (χ4n) is 3.58. The standard InChI is InChI=1S/C19H19N3O4/c23-16-9-12(11-22-7-3-6-20-22)8-15(16)21-18(24)17-10-13-4-1-2-5-14(13)19(25)26-17/h1-7,10,12,15-16,23H,8-9,11H2,(H,21,24)/t12?,15-,16-/m1/s1. The summed E-state index contributed by atoms with van der Waals surface area (Å²) in [7, 11) is 0. The fraction of sp³-hybridized carbons (Fsp3) is 0.316. The van der Waals surface area contributed by atoms with Gasteiger partial charge in [0, 0.05) is 18.9 Å². The molecule has 1 aromatic carbocycles. The van der Waals surface area contributed by atoms with Crippen LogP contribution in [-0.2, 0) is 6.54 Å². The van der Waals surface area contributed by atoms with Crippen LogP contribution in [-0.4, -0.2) is 32.9 Å². The summed E-state index contributed by atoms with van der Waals surface area (Å²) in [4.78, 5) is 24.5. The number of hydrogen-bond acceptors (Lipinski definition) is 5. The minimum absolute atomic E-state index is 0.0450. The van der Waals surface area contributed by atoms with Crippen LogP contribution >= 0.6 is 0 Å². The number of rotatable bonds is 4. The predicted molar refractivity (Wildman–Crippen MR) is 94.7 cm³/mol. The third-order valence-corrected chi connectivity index (χ3v) is 4.84. The lowest BCUT2D eigenvalue weighted by molar-refractivity contribution is 0.0842. The minimum Gasteiger partial charge on any atom is -0.417 e. The second-order valence-corrected chi connectivity index (χ2v) is 6.70. The molecule has 7 nitrogen and oxygen atoms in total. The van der Waals surface area contributed by atoms with Gasteiger partial charge in [0.15, 0.2) is 5.76 Å². The van der Waals surface area contributed by atoms with Crippen molar-refractivity contribution in [3.63, 3.8) is 0 Å². The number of carbonyl (C=O) groups excluding carboxylic acids is 1. The smallest absolute Gasteiger partial charge is 0.344 e. The molecule has 3 atom stereocenters. The summed E-state index contributed by atoms with van der Waals surface area (Å²) in [5, 5.41) is 18.3. The lowest BCUT2D eigenvalue weighted by Gasteiger charge is -2.16. The van der Waals surface area contributed by atoms with Gasteiger partial charge in [0.1, 0.15) is 0 Å². The maximum Gasteiger partial charge on any atom is 0.344 e. The quantitative estimate of drug-likeness (QED) is 0.742. The van der Waals surface area contributed by atoms with Crippen molar-refractivity contribution < 1.29 is 14.3 Å². The number of aromatic nitrogens is 2. The molecule has 0 saturated heterocycles. The van der Waals surface area contributed by atoms with Gasteiger partial charge < -0.3 is 14.8 Å². The van der Waals surface area contributed by atoms with E-state index in [0.29, 0.717) is 30.2 Å². The SMILES string of the molecule is O=C(N[C@@H]1CC(Cn2cccn2)C[C@H]1O)c1cc2ccccc2c(=O)o1. The van der Waals surface area contributed by atoms with Gasteiger partial charge in [-0.3, -0.25) is 9.48 Å². The van der Waals surface area contributed by atoms with Crippen LogP contribution in [0.1, 0.15) is 23.4 Å². The molecule has 2 heterocycles. The van der Waals surface area contributed by atoms with Gasteiger partial charge in [0.2, 0.25) is 0 Å². The van der Waals surface area contributed by atoms with Crippen molar-refractivity contribution in [2.75, 3.05) is 0 Å². The average molecular weight is 353 g/mol. The zero-order chi connectivity index (χ0) is 18.1. The molecule has 1 amide bonds. The molecule has 2 aromatic heterocycles. The van der Waals surface area contributed by atoms with E-state index in [1.807, 2.05) is 16.9 Å². The van der Waals surface area contributed by atoms with E-state index in [4.69, 9.17) is 4.42 Å². The average Bonchev–Trinajstić information content (AvgIpc) is 3.25. The van der Waals surface area contributed by atoms with Crippen molar-refractivity contribution in [1.82, 2.24) is 15.1 Å². The number of amides is 1. The maximum atomic E-state index is 12.5. The van der Waals surface area contributed by atoms with Crippen LogP contribution in [0, 0.1) is 5.92 Å². The first kappa shape index (κ1) is 16.5. The number of aliphatic hydroxyl groups excluding tert-OH is 1. The van der Waals surface area contributed by atoms with Crippen molar-refractivity contribution in [3.8, 4) is 0 Å². The van der Waals surface area contributed by atoms with Crippen molar-refractivity contribution in [2.24, 2.45) is 5.92 Å². The monoisotopic (exact) mass is 353 g/mol. The van der Waals surface area contributed by atoms with Crippen LogP contribution in [0.25, 0.3) is 10.8 Å². The van der Waals surface area contributed by atoms with E-state index in [0.717, 1.165) is 0 Å². The summed E-state index contributed by atoms with van der Waals surface area (Å²) in [5.74, 6) is -0.313. The molecule has 4 rings (SSSR count). The van der Waals surface area contributed by atoms with Gasteiger partial charge in [0.25, 0.3) is 5.91 Å². The van der Waals surface area contributed by atoms with Gasteiger partial charge in [-0.1, -0.05) is 18.2 Å². The van der Waals surface area contributed by atoms with E-state index in [1.54, 1.807) is 36.5 Å². The van der Waals surface area contributed by atoms with E-state index in [-0.39, 0.29) is 17.7 Å². The molecule has 1 aliphatic rings. The molecule has 134 valence electrons. The van der Waals surface area contributed by atoms with E-state index >= 15 is 0 Å². The zero-order valence-electron chi connectivity index (χ0n) is 14.0. The lowest BCUT2D eigenvalue weighted by Crippen LogP contribution is -2.40. The van der Waals surface area contributed by atoms with E-state index in [1.165, 1.54) is 0 Å². The summed E-state index contributed by atoms with van der Waals surface area (Å²) >= 11 is 0. The van der Waals surface area contributed by atoms with Gasteiger partial charge in [-0.25, -0.2) is 4.79 Å². The second kappa shape index (κ2) is 6.76. The van der Waals surface area contributed by atoms with Crippen molar-refractivity contribution in [2.45, 2.75) is 31.5 Å². The highest BCUT2D eigenvalue weighted by atomic mass is 16.4. The van der Waals surface area contributed by atoms with Gasteiger partial charge in [-0.15, -0.1) is 0 Å². The number of nitrogens with one attached hydrogen (secondary N) is 1. The summed E-state index contributed by atoms with van der Waals surface area (Å²) in [6.45, 7) is 0.696. The van der Waals surface area contributed by atoms with Crippen LogP contribution in [0.3, 0.4) is 0 Å². The first-order valence-corrected chi connectivity index (χ1v) is 8.59. The van der Waals surface area contributed by atoms with Crippen LogP contribution in [0.15, 0.2) is 58.0 Å². The molecule has 0 aliphatic heterocycles. The Morgan fingerprint density at radius 2 is 2.15 bits per heavy atom. The minimum atomic E-state index is -0.633. The van der Waals surface area contributed by atoms with E-state index in [2.05, 4.69) is 10.4 Å². The third-order valence-electron chi connectivity index (χ3n) is 4.84. The van der Waals surface area contributed by atoms with Crippen LogP contribution < -0.4 is 10.9 Å². The molecule has 0 radical (unpaired) electrons. The molecule has 3 aromatic rings. The Hall–Kier alpha value is -2.93. The Labute approximate surface area is 149 Å². The van der Waals surface area contributed by atoms with Gasteiger partial charge >= 0.3 is 5.63 Å². The highest BCUT2D eigenvalue weighted by Gasteiger charge is 2.34. The van der Waals surface area contributed by atoms with Gasteiger partial charge in [-0.2, -0.15) is 5.10 Å². The summed E-state index contributed by atoms with van der Waals surface area (Å²) in [6.07, 6.45) is 4.19. The normalized spacial score (nSPS) is 22.6. The van der Waals surface area contributed by atoms with Crippen LogP contribution in [0.2, 0.25) is 0 Å². The molecule has 26 heavy (non-hydrogen) atoms. The molecule has 7 heteroatoms. The topological polar surface area (TPSA) is 97.4 Å². The molecular weight excluding hydrogens is 334 g/mol. The number of hydrogen-bond donors (Lipinski definition) is 2. The van der Waals surface area contributed by atoms with Gasteiger partial charge in [-0.05, 0) is 42.3 Å². The Kier molecular flexibility index (Phi) is 4.30. The van der Waals surface area contributed by atoms with Crippen molar-refractivity contribution in [1.29, 1.82) is 0 Å². The van der Waals surface area contributed by atoms with Crippen molar-refractivity contribution >= 4 is 16.7 Å². The maximum absolute atomic E-state index is 12.5. The van der Waals surface area contributed by atoms with Crippen LogP contribution in [0.5, 0.6) is 0 Å². The molecule has 0 bridgehead atoms. The summed E-state index contributed by atoms with van der Waals surface area (Å²) < 4.78 is 6.97. The Balaban J connectivity index is 1.47. The predicted octanol–water partition coefficient (Wildman–Crippen LogP) is 1.56. The van der Waals surface area contributed by atoms with E-state index < -0.39 is 17.6 Å². The molecular formula is C19H19N3O4. The number of nitrogens with zero attached hydrogens (tertiary/aromatic N) is 2. The Bertz CT molecular complexity index is 980. The molecule has 0 spiro atoms. The Morgan fingerprint density at radius 3 is 2.96 bits per heavy atom. The van der Waals surface area contributed by atoms with Crippen LogP contribution in [0.4, 0.5) is 0 Å². The van der Waals surface area contributed by atoms with Gasteiger partial charge in [0.05, 0.1) is 17.5 Å². The fourth-order valence-corrected chi connectivity index (χ4v) is 3.58. The lowest BCUT2D eigenvalue weighted by atomic mass is 10.1. The molecule has 1 fully saturated rings. The highest BCUT2D eigenvalue weighted by molar-refractivity contribution is 5.95. The second-order valence-electron chi connectivity index (χ2n) is 6.70. The number of benzene rings is 1. The largest absolute Gasteiger partial charge is 0.417 e. The molecule has 1 saturated carbocycles. The number of aliphatic hydroxyl groups is 1. The van der Waals surface area contributed by atoms with Crippen molar-refractivity contribution in [3.05, 3.63) is 65.0 Å². The summed E-state index contributed by atoms with van der Waals surface area (Å²) in [6, 6.07) is 9.98. The van der Waals surface area contributed by atoms with E-state index in [9.17, 15) is 14.7 Å². The first-order chi connectivity index (χ1) is 12.6. The highest BCUT2D eigenvalue weighted by Crippen LogP contribution is 2.27. The molecule has 1 unspecified atom stereocenters. The molecule has 2 N–H and O–H groups in total. The third kappa shape index (κ3) is 3.25. The summed E-state index contributed by atoms with van der Waals surface area (Å²) in [5.41, 5.74) is -0.545.